The third-order valence-electron chi connectivity index (χ3n) is 2.08. The second-order valence-electron chi connectivity index (χ2n) is 3.75. The fourth-order valence-electron chi connectivity index (χ4n) is 1.31. The van der Waals surface area contributed by atoms with E-state index >= 15 is 0 Å². The van der Waals surface area contributed by atoms with Crippen LogP contribution in [0.15, 0.2) is 34.8 Å². The summed E-state index contributed by atoms with van der Waals surface area (Å²) in [5.74, 6) is 0.909. The average Bonchev–Trinajstić information content (AvgIpc) is 2.24. The summed E-state index contributed by atoms with van der Waals surface area (Å²) in [6, 6.07) is 6.08. The Morgan fingerprint density at radius 1 is 1.50 bits per heavy atom. The van der Waals surface area contributed by atoms with E-state index in [0.29, 0.717) is 6.61 Å². The van der Waals surface area contributed by atoms with E-state index < -0.39 is 0 Å². The molecular formula is C13H18BrNO. The minimum absolute atomic E-state index is 0.557. The third kappa shape index (κ3) is 3.99. The van der Waals surface area contributed by atoms with Crippen molar-refractivity contribution in [3.05, 3.63) is 40.4 Å². The number of halogens is 1. The SMILES string of the molecule is C=C(C)COc1c(Br)cccc1CNCC. The van der Waals surface area contributed by atoms with Gasteiger partial charge in [-0.3, -0.25) is 0 Å². The number of rotatable bonds is 6. The van der Waals surface area contributed by atoms with E-state index in [0.717, 1.165) is 34.4 Å². The maximum absolute atomic E-state index is 5.74. The first kappa shape index (κ1) is 13.3. The van der Waals surface area contributed by atoms with Crippen LogP contribution in [0.25, 0.3) is 0 Å². The molecule has 3 heteroatoms. The standard InChI is InChI=1S/C13H18BrNO/c1-4-15-8-11-6-5-7-12(14)13(11)16-9-10(2)3/h5-7,15H,2,4,8-9H2,1,3H3. The van der Waals surface area contributed by atoms with Gasteiger partial charge in [-0.15, -0.1) is 0 Å². The first-order chi connectivity index (χ1) is 7.65. The van der Waals surface area contributed by atoms with Gasteiger partial charge in [-0.2, -0.15) is 0 Å². The Kier molecular flexibility index (Phi) is 5.56. The van der Waals surface area contributed by atoms with Crippen LogP contribution in [0, 0.1) is 0 Å². The number of nitrogens with one attached hydrogen (secondary N) is 1. The lowest BCUT2D eigenvalue weighted by Crippen LogP contribution is -2.13. The lowest BCUT2D eigenvalue weighted by atomic mass is 10.2. The molecule has 0 bridgehead atoms. The maximum atomic E-state index is 5.74. The Labute approximate surface area is 106 Å². The number of hydrogen-bond acceptors (Lipinski definition) is 2. The van der Waals surface area contributed by atoms with Crippen molar-refractivity contribution < 1.29 is 4.74 Å². The van der Waals surface area contributed by atoms with Gasteiger partial charge in [0, 0.05) is 12.1 Å². The molecule has 0 heterocycles. The smallest absolute Gasteiger partial charge is 0.138 e. The highest BCUT2D eigenvalue weighted by Gasteiger charge is 2.07. The van der Waals surface area contributed by atoms with E-state index in [9.17, 15) is 0 Å². The maximum Gasteiger partial charge on any atom is 0.138 e. The van der Waals surface area contributed by atoms with E-state index in [4.69, 9.17) is 4.74 Å². The predicted molar refractivity (Wildman–Crippen MR) is 71.8 cm³/mol. The van der Waals surface area contributed by atoms with Crippen molar-refractivity contribution in [2.75, 3.05) is 13.2 Å². The fraction of sp³-hybridized carbons (Fsp3) is 0.385. The zero-order valence-electron chi connectivity index (χ0n) is 9.85. The molecular weight excluding hydrogens is 266 g/mol. The molecule has 0 saturated heterocycles. The van der Waals surface area contributed by atoms with Crippen LogP contribution in [-0.2, 0) is 6.54 Å². The van der Waals surface area contributed by atoms with Crippen LogP contribution in [0.5, 0.6) is 5.75 Å². The normalized spacial score (nSPS) is 10.2. The Morgan fingerprint density at radius 3 is 2.88 bits per heavy atom. The third-order valence-corrected chi connectivity index (χ3v) is 2.70. The lowest BCUT2D eigenvalue weighted by molar-refractivity contribution is 0.345. The summed E-state index contributed by atoms with van der Waals surface area (Å²) in [5, 5.41) is 3.30. The number of para-hydroxylation sites is 1. The van der Waals surface area contributed by atoms with Gasteiger partial charge >= 0.3 is 0 Å². The predicted octanol–water partition coefficient (Wildman–Crippen LogP) is 3.51. The van der Waals surface area contributed by atoms with Crippen LogP contribution < -0.4 is 10.1 Å². The van der Waals surface area contributed by atoms with E-state index in [1.807, 2.05) is 19.1 Å². The van der Waals surface area contributed by atoms with Crippen LogP contribution in [0.4, 0.5) is 0 Å². The van der Waals surface area contributed by atoms with Crippen LogP contribution in [-0.4, -0.2) is 13.2 Å². The second kappa shape index (κ2) is 6.71. The molecule has 0 atom stereocenters. The summed E-state index contributed by atoms with van der Waals surface area (Å²) < 4.78 is 6.73. The Bertz CT molecular complexity index is 363. The summed E-state index contributed by atoms with van der Waals surface area (Å²) >= 11 is 3.51. The van der Waals surface area contributed by atoms with Crippen molar-refractivity contribution in [2.45, 2.75) is 20.4 Å². The molecule has 0 aliphatic heterocycles. The first-order valence-electron chi connectivity index (χ1n) is 5.40. The van der Waals surface area contributed by atoms with Crippen LogP contribution in [0.1, 0.15) is 19.4 Å². The Morgan fingerprint density at radius 2 is 2.25 bits per heavy atom. The number of benzene rings is 1. The first-order valence-corrected chi connectivity index (χ1v) is 6.19. The van der Waals surface area contributed by atoms with Gasteiger partial charge in [-0.05, 0) is 41.0 Å². The Balaban J connectivity index is 2.80. The van der Waals surface area contributed by atoms with Crippen molar-refractivity contribution in [1.82, 2.24) is 5.32 Å². The molecule has 2 nitrogen and oxygen atoms in total. The lowest BCUT2D eigenvalue weighted by Gasteiger charge is -2.13. The molecule has 0 amide bonds. The monoisotopic (exact) mass is 283 g/mol. The van der Waals surface area contributed by atoms with Crippen molar-refractivity contribution in [2.24, 2.45) is 0 Å². The van der Waals surface area contributed by atoms with E-state index in [2.05, 4.69) is 40.8 Å². The highest BCUT2D eigenvalue weighted by Crippen LogP contribution is 2.29. The zero-order chi connectivity index (χ0) is 12.0. The zero-order valence-corrected chi connectivity index (χ0v) is 11.4. The molecule has 1 rings (SSSR count). The van der Waals surface area contributed by atoms with E-state index in [1.165, 1.54) is 0 Å². The van der Waals surface area contributed by atoms with Gasteiger partial charge in [0.1, 0.15) is 12.4 Å². The summed E-state index contributed by atoms with van der Waals surface area (Å²) in [6.45, 7) is 10.2. The van der Waals surface area contributed by atoms with Gasteiger partial charge in [-0.1, -0.05) is 25.6 Å². The number of ether oxygens (including phenoxy) is 1. The fourth-order valence-corrected chi connectivity index (χ4v) is 1.83. The summed E-state index contributed by atoms with van der Waals surface area (Å²) in [5.41, 5.74) is 2.18. The second-order valence-corrected chi connectivity index (χ2v) is 4.61. The molecule has 88 valence electrons. The minimum atomic E-state index is 0.557. The molecule has 0 spiro atoms. The van der Waals surface area contributed by atoms with Crippen molar-refractivity contribution >= 4 is 15.9 Å². The molecule has 16 heavy (non-hydrogen) atoms. The largest absolute Gasteiger partial charge is 0.488 e. The molecule has 0 fully saturated rings. The highest BCUT2D eigenvalue weighted by molar-refractivity contribution is 9.10. The van der Waals surface area contributed by atoms with Gasteiger partial charge < -0.3 is 10.1 Å². The van der Waals surface area contributed by atoms with Crippen LogP contribution in [0.2, 0.25) is 0 Å². The molecule has 0 aliphatic rings. The molecule has 0 aromatic heterocycles. The summed E-state index contributed by atoms with van der Waals surface area (Å²) in [4.78, 5) is 0. The highest BCUT2D eigenvalue weighted by atomic mass is 79.9. The molecule has 0 unspecified atom stereocenters. The van der Waals surface area contributed by atoms with Gasteiger partial charge in [0.05, 0.1) is 4.47 Å². The van der Waals surface area contributed by atoms with E-state index in [-0.39, 0.29) is 0 Å². The summed E-state index contributed by atoms with van der Waals surface area (Å²) in [6.07, 6.45) is 0. The van der Waals surface area contributed by atoms with Gasteiger partial charge in [0.25, 0.3) is 0 Å². The quantitative estimate of drug-likeness (QED) is 0.807. The molecule has 0 aliphatic carbocycles. The van der Waals surface area contributed by atoms with Gasteiger partial charge in [0.15, 0.2) is 0 Å². The topological polar surface area (TPSA) is 21.3 Å². The van der Waals surface area contributed by atoms with Gasteiger partial charge in [0.2, 0.25) is 0 Å². The van der Waals surface area contributed by atoms with Gasteiger partial charge in [-0.25, -0.2) is 0 Å². The molecule has 1 aromatic carbocycles. The Hall–Kier alpha value is -0.800. The van der Waals surface area contributed by atoms with Crippen molar-refractivity contribution in [3.63, 3.8) is 0 Å². The van der Waals surface area contributed by atoms with Crippen LogP contribution in [0.3, 0.4) is 0 Å². The average molecular weight is 284 g/mol. The number of hydrogen-bond donors (Lipinski definition) is 1. The molecule has 0 radical (unpaired) electrons. The van der Waals surface area contributed by atoms with Crippen LogP contribution >= 0.6 is 15.9 Å². The molecule has 1 aromatic rings. The summed E-state index contributed by atoms with van der Waals surface area (Å²) in [7, 11) is 0. The van der Waals surface area contributed by atoms with Crippen molar-refractivity contribution in [1.29, 1.82) is 0 Å². The van der Waals surface area contributed by atoms with E-state index in [1.54, 1.807) is 0 Å². The van der Waals surface area contributed by atoms with Crippen molar-refractivity contribution in [3.8, 4) is 5.75 Å². The molecule has 1 N–H and O–H groups in total. The molecule has 0 saturated carbocycles. The minimum Gasteiger partial charge on any atom is -0.488 e.